The van der Waals surface area contributed by atoms with Crippen LogP contribution in [0, 0.1) is 10.1 Å². The number of nitro benzene ring substituents is 1. The summed E-state index contributed by atoms with van der Waals surface area (Å²) in [6.45, 7) is 24.1. The lowest BCUT2D eigenvalue weighted by Gasteiger charge is -2.46. The van der Waals surface area contributed by atoms with E-state index in [4.69, 9.17) is 18.3 Å². The topological polar surface area (TPSA) is 126 Å². The fourth-order valence-electron chi connectivity index (χ4n) is 3.67. The molecule has 1 N–H and O–H groups in total. The highest BCUT2D eigenvalue weighted by atomic mass is 32.2. The molecule has 1 saturated heterocycles. The first kappa shape index (κ1) is 34.0. The van der Waals surface area contributed by atoms with E-state index in [9.17, 15) is 18.5 Å². The third-order valence-electron chi connectivity index (χ3n) is 8.23. The van der Waals surface area contributed by atoms with E-state index in [2.05, 4.69) is 72.5 Å². The zero-order valence-corrected chi connectivity index (χ0v) is 28.2. The van der Waals surface area contributed by atoms with Gasteiger partial charge in [-0.05, 0) is 55.3 Å². The largest absolute Gasteiger partial charge is 0.414 e. The number of ether oxygens (including phenoxy) is 2. The Hall–Kier alpha value is -1.20. The van der Waals surface area contributed by atoms with Crippen LogP contribution in [0.5, 0.6) is 0 Å². The first-order valence-corrected chi connectivity index (χ1v) is 20.7. The van der Waals surface area contributed by atoms with Crippen molar-refractivity contribution < 1.29 is 31.7 Å². The molecule has 1 fully saturated rings. The maximum absolute atomic E-state index is 13.3. The fraction of sp³-hybridized carbons (Fsp3) is 0.769. The summed E-state index contributed by atoms with van der Waals surface area (Å²) in [6, 6.07) is 4.20. The van der Waals surface area contributed by atoms with Crippen molar-refractivity contribution in [3.05, 3.63) is 34.4 Å². The summed E-state index contributed by atoms with van der Waals surface area (Å²) in [5, 5.41) is 11.0. The van der Waals surface area contributed by atoms with E-state index in [1.54, 1.807) is 0 Å². The van der Waals surface area contributed by atoms with Crippen molar-refractivity contribution in [2.24, 2.45) is 0 Å². The first-order valence-electron chi connectivity index (χ1n) is 13.4. The Bertz CT molecular complexity index is 1080. The molecule has 0 spiro atoms. The summed E-state index contributed by atoms with van der Waals surface area (Å²) < 4.78 is 54.6. The van der Waals surface area contributed by atoms with Crippen molar-refractivity contribution in [1.29, 1.82) is 0 Å². The van der Waals surface area contributed by atoms with Gasteiger partial charge in [-0.2, -0.15) is 0 Å². The minimum Gasteiger partial charge on any atom is -0.414 e. The van der Waals surface area contributed by atoms with E-state index >= 15 is 0 Å². The average molecular weight is 605 g/mol. The fourth-order valence-corrected chi connectivity index (χ4v) is 7.34. The maximum Gasteiger partial charge on any atom is 0.269 e. The van der Waals surface area contributed by atoms with Gasteiger partial charge in [-0.15, -0.1) is 0 Å². The molecule has 1 heterocycles. The number of nitrogens with one attached hydrogen (secondary N) is 1. The molecule has 1 aliphatic heterocycles. The Morgan fingerprint density at radius 1 is 1.00 bits per heavy atom. The third-order valence-corrected chi connectivity index (χ3v) is 18.7. The van der Waals surface area contributed by atoms with Crippen LogP contribution in [0.15, 0.2) is 29.2 Å². The molecule has 0 aliphatic carbocycles. The van der Waals surface area contributed by atoms with E-state index in [0.717, 1.165) is 0 Å². The minimum atomic E-state index is -4.00. The number of hydrogen-bond donors (Lipinski definition) is 1. The van der Waals surface area contributed by atoms with Gasteiger partial charge in [0, 0.05) is 18.6 Å². The number of benzene rings is 1. The van der Waals surface area contributed by atoms with Crippen molar-refractivity contribution in [3.63, 3.8) is 0 Å². The first-order chi connectivity index (χ1) is 17.6. The third kappa shape index (κ3) is 8.89. The molecule has 0 bridgehead atoms. The molecule has 2 rings (SSSR count). The van der Waals surface area contributed by atoms with E-state index in [1.807, 2.05) is 6.92 Å². The van der Waals surface area contributed by atoms with E-state index in [0.29, 0.717) is 13.2 Å². The molecule has 0 saturated carbocycles. The molecule has 1 aliphatic rings. The number of hydrogen-bond acceptors (Lipinski definition) is 8. The molecule has 0 unspecified atom stereocenters. The van der Waals surface area contributed by atoms with Crippen LogP contribution >= 0.6 is 0 Å². The van der Waals surface area contributed by atoms with E-state index in [-0.39, 0.29) is 27.1 Å². The lowest BCUT2D eigenvalue weighted by atomic mass is 10.0. The van der Waals surface area contributed by atoms with Crippen LogP contribution in [0.3, 0.4) is 0 Å². The minimum absolute atomic E-state index is 0.0569. The highest BCUT2D eigenvalue weighted by Crippen LogP contribution is 2.40. The van der Waals surface area contributed by atoms with Crippen molar-refractivity contribution >= 4 is 32.3 Å². The maximum atomic E-state index is 13.3. The smallest absolute Gasteiger partial charge is 0.269 e. The Labute approximate surface area is 236 Å². The molecule has 4 atom stereocenters. The second-order valence-electron chi connectivity index (χ2n) is 13.3. The molecule has 13 heteroatoms. The Balaban J connectivity index is 2.23. The van der Waals surface area contributed by atoms with Gasteiger partial charge in [0.15, 0.2) is 22.9 Å². The standard InChI is InChI=1S/C26H48N2O8SSi2/c1-19-24(36-39(10,11)26(5,6)7)22(27-37(31,32)21-14-12-20(13-15-21)28(29)30)18-23(35-19)33-16-17-34-38(8,9)25(2,3)4/h12-15,19,22-24,27H,16-18H2,1-11H3/t19-,22-,23+,24-/m1/s1. The van der Waals surface area contributed by atoms with Crippen LogP contribution in [0.1, 0.15) is 54.9 Å². The van der Waals surface area contributed by atoms with Gasteiger partial charge in [0.25, 0.3) is 5.69 Å². The molecule has 10 nitrogen and oxygen atoms in total. The zero-order valence-electron chi connectivity index (χ0n) is 25.4. The molecule has 39 heavy (non-hydrogen) atoms. The van der Waals surface area contributed by atoms with Crippen LogP contribution in [-0.4, -0.2) is 67.7 Å². The molecule has 0 radical (unpaired) electrons. The van der Waals surface area contributed by atoms with Crippen LogP contribution in [-0.2, 0) is 28.3 Å². The number of nitrogens with zero attached hydrogens (tertiary/aromatic N) is 1. The Morgan fingerprint density at radius 3 is 2.03 bits per heavy atom. The van der Waals surface area contributed by atoms with Gasteiger partial charge in [-0.3, -0.25) is 10.1 Å². The monoisotopic (exact) mass is 604 g/mol. The lowest BCUT2D eigenvalue weighted by Crippen LogP contribution is -2.60. The summed E-state index contributed by atoms with van der Waals surface area (Å²) in [5.41, 5.74) is -0.179. The molecular weight excluding hydrogens is 557 g/mol. The lowest BCUT2D eigenvalue weighted by molar-refractivity contribution is -0.384. The van der Waals surface area contributed by atoms with Crippen LogP contribution < -0.4 is 4.72 Å². The molecule has 0 amide bonds. The predicted molar refractivity (Wildman–Crippen MR) is 157 cm³/mol. The summed E-state index contributed by atoms with van der Waals surface area (Å²) in [7, 11) is -8.22. The van der Waals surface area contributed by atoms with Crippen molar-refractivity contribution in [3.8, 4) is 0 Å². The normalized spacial score (nSPS) is 23.6. The average Bonchev–Trinajstić information content (AvgIpc) is 2.77. The second-order valence-corrected chi connectivity index (χ2v) is 24.6. The zero-order chi connectivity index (χ0) is 30.0. The van der Waals surface area contributed by atoms with Gasteiger partial charge in [0.05, 0.1) is 41.3 Å². The summed E-state index contributed by atoms with van der Waals surface area (Å²) in [4.78, 5) is 10.4. The molecular formula is C26H48N2O8SSi2. The van der Waals surface area contributed by atoms with Gasteiger partial charge < -0.3 is 18.3 Å². The summed E-state index contributed by atoms with van der Waals surface area (Å²) in [6.07, 6.45) is -1.38. The van der Waals surface area contributed by atoms with Crippen LogP contribution in [0.4, 0.5) is 5.69 Å². The van der Waals surface area contributed by atoms with Gasteiger partial charge in [-0.25, -0.2) is 13.1 Å². The van der Waals surface area contributed by atoms with Crippen molar-refractivity contribution in [2.75, 3.05) is 13.2 Å². The van der Waals surface area contributed by atoms with Gasteiger partial charge in [0.2, 0.25) is 10.0 Å². The van der Waals surface area contributed by atoms with Crippen molar-refractivity contribution in [1.82, 2.24) is 4.72 Å². The Kier molecular flexibility index (Phi) is 10.8. The number of rotatable bonds is 11. The summed E-state index contributed by atoms with van der Waals surface area (Å²) in [5.74, 6) is 0. The number of nitro groups is 1. The molecule has 224 valence electrons. The van der Waals surface area contributed by atoms with Crippen molar-refractivity contribution in [2.45, 2.75) is 121 Å². The highest BCUT2D eigenvalue weighted by Gasteiger charge is 2.46. The van der Waals surface area contributed by atoms with Gasteiger partial charge in [-0.1, -0.05) is 41.5 Å². The second kappa shape index (κ2) is 12.4. The van der Waals surface area contributed by atoms with Gasteiger partial charge in [0.1, 0.15) is 0 Å². The molecule has 1 aromatic carbocycles. The van der Waals surface area contributed by atoms with E-state index in [1.165, 1.54) is 24.3 Å². The number of non-ortho nitro benzene ring substituents is 1. The predicted octanol–water partition coefficient (Wildman–Crippen LogP) is 5.81. The van der Waals surface area contributed by atoms with Crippen LogP contribution in [0.2, 0.25) is 36.3 Å². The number of sulfonamides is 1. The van der Waals surface area contributed by atoms with E-state index < -0.39 is 56.1 Å². The summed E-state index contributed by atoms with van der Waals surface area (Å²) >= 11 is 0. The quantitative estimate of drug-likeness (QED) is 0.145. The Morgan fingerprint density at radius 2 is 1.54 bits per heavy atom. The molecule has 1 aromatic rings. The molecule has 0 aromatic heterocycles. The SMILES string of the molecule is C[C@H]1O[C@H](OCCO[Si](C)(C)C(C)(C)C)C[C@@H](NS(=O)(=O)c2ccc([N+](=O)[O-])cc2)[C@@H]1O[Si](C)(C)C(C)(C)C. The van der Waals surface area contributed by atoms with Gasteiger partial charge >= 0.3 is 0 Å². The highest BCUT2D eigenvalue weighted by molar-refractivity contribution is 7.89. The van der Waals surface area contributed by atoms with Crippen LogP contribution in [0.25, 0.3) is 0 Å².